The first-order valence-corrected chi connectivity index (χ1v) is 7.25. The third kappa shape index (κ3) is 6.48. The summed E-state index contributed by atoms with van der Waals surface area (Å²) in [5, 5.41) is 0. The maximum absolute atomic E-state index is 12.0. The number of anilines is 1. The van der Waals surface area contributed by atoms with Crippen molar-refractivity contribution in [2.45, 2.75) is 13.1 Å². The zero-order valence-electron chi connectivity index (χ0n) is 11.1. The number of benzene rings is 1. The first-order chi connectivity index (χ1) is 9.63. The quantitative estimate of drug-likeness (QED) is 0.727. The molecule has 0 bridgehead atoms. The molecule has 0 aromatic heterocycles. The number of hydrogen-bond acceptors (Lipinski definition) is 3. The molecule has 0 heterocycles. The highest BCUT2D eigenvalue weighted by atomic mass is 32.2. The van der Waals surface area contributed by atoms with Crippen LogP contribution in [-0.4, -0.2) is 27.7 Å². The Morgan fingerprint density at radius 1 is 1.33 bits per heavy atom. The minimum absolute atomic E-state index is 0.139. The number of rotatable bonds is 4. The van der Waals surface area contributed by atoms with Gasteiger partial charge in [0.1, 0.15) is 6.54 Å². The fourth-order valence-corrected chi connectivity index (χ4v) is 2.24. The first-order valence-electron chi connectivity index (χ1n) is 5.77. The van der Waals surface area contributed by atoms with Crippen LogP contribution < -0.4 is 15.2 Å². The third-order valence-corrected chi connectivity index (χ3v) is 3.30. The summed E-state index contributed by atoms with van der Waals surface area (Å²) in [7, 11) is -4.29. The lowest BCUT2D eigenvalue weighted by Crippen LogP contribution is -2.37. The molecular formula is C12H14F3N3O2S. The topological polar surface area (TPSA) is 84.2 Å². The molecule has 0 amide bonds. The number of nitrogens with one attached hydrogen (secondary N) is 2. The zero-order chi connectivity index (χ0) is 16.1. The molecule has 4 N–H and O–H groups in total. The standard InChI is InChI=1S/C12H14F3N3O2S/c1-9-7-11(5-4-10(9)3-2-6-16)18-21(19,20)17-8-12(13,14)15/h4-5,7,17-18H,6,8,16H2,1H3. The molecular weight excluding hydrogens is 307 g/mol. The molecule has 0 spiro atoms. The van der Waals surface area contributed by atoms with E-state index >= 15 is 0 Å². The molecule has 0 aliphatic rings. The van der Waals surface area contributed by atoms with Crippen LogP contribution in [0.5, 0.6) is 0 Å². The molecule has 9 heteroatoms. The Hall–Kier alpha value is -1.76. The van der Waals surface area contributed by atoms with Crippen LogP contribution in [0.1, 0.15) is 11.1 Å². The molecule has 0 aliphatic carbocycles. The molecule has 0 radical (unpaired) electrons. The van der Waals surface area contributed by atoms with Crippen LogP contribution in [0, 0.1) is 18.8 Å². The van der Waals surface area contributed by atoms with E-state index in [-0.39, 0.29) is 12.2 Å². The average molecular weight is 321 g/mol. The van der Waals surface area contributed by atoms with Crippen LogP contribution in [-0.2, 0) is 10.2 Å². The first kappa shape index (κ1) is 17.3. The Labute approximate surface area is 120 Å². The molecule has 116 valence electrons. The number of nitrogens with two attached hydrogens (primary N) is 1. The molecule has 1 rings (SSSR count). The Bertz CT molecular complexity index is 661. The number of hydrogen-bond donors (Lipinski definition) is 3. The maximum Gasteiger partial charge on any atom is 0.402 e. The van der Waals surface area contributed by atoms with Gasteiger partial charge in [-0.3, -0.25) is 4.72 Å². The summed E-state index contributed by atoms with van der Waals surface area (Å²) in [5.74, 6) is 5.44. The second-order valence-corrected chi connectivity index (χ2v) is 5.58. The summed E-state index contributed by atoms with van der Waals surface area (Å²) >= 11 is 0. The van der Waals surface area contributed by atoms with Crippen molar-refractivity contribution in [3.8, 4) is 11.8 Å². The van der Waals surface area contributed by atoms with Gasteiger partial charge < -0.3 is 5.73 Å². The molecule has 5 nitrogen and oxygen atoms in total. The van der Waals surface area contributed by atoms with Crippen LogP contribution >= 0.6 is 0 Å². The zero-order valence-corrected chi connectivity index (χ0v) is 11.9. The van der Waals surface area contributed by atoms with E-state index < -0.39 is 22.9 Å². The van der Waals surface area contributed by atoms with Gasteiger partial charge in [0.25, 0.3) is 10.2 Å². The smallest absolute Gasteiger partial charge is 0.320 e. The molecule has 0 unspecified atom stereocenters. The molecule has 0 fully saturated rings. The van der Waals surface area contributed by atoms with E-state index in [0.717, 1.165) is 0 Å². The van der Waals surface area contributed by atoms with Gasteiger partial charge in [-0.05, 0) is 30.7 Å². The summed E-state index contributed by atoms with van der Waals surface area (Å²) in [5.41, 5.74) is 6.71. The second-order valence-electron chi connectivity index (χ2n) is 4.08. The summed E-state index contributed by atoms with van der Waals surface area (Å²) in [4.78, 5) is 0. The van der Waals surface area contributed by atoms with E-state index in [1.165, 1.54) is 16.9 Å². The van der Waals surface area contributed by atoms with Crippen molar-refractivity contribution in [3.63, 3.8) is 0 Å². The molecule has 1 aromatic carbocycles. The Morgan fingerprint density at radius 2 is 2.00 bits per heavy atom. The molecule has 0 aliphatic heterocycles. The Balaban J connectivity index is 2.81. The summed E-state index contributed by atoms with van der Waals surface area (Å²) in [6, 6.07) is 4.42. The van der Waals surface area contributed by atoms with E-state index in [9.17, 15) is 21.6 Å². The van der Waals surface area contributed by atoms with Crippen molar-refractivity contribution in [1.82, 2.24) is 4.72 Å². The van der Waals surface area contributed by atoms with Crippen LogP contribution in [0.4, 0.5) is 18.9 Å². The number of alkyl halides is 3. The van der Waals surface area contributed by atoms with E-state index in [1.54, 1.807) is 13.0 Å². The SMILES string of the molecule is Cc1cc(NS(=O)(=O)NCC(F)(F)F)ccc1C#CCN. The van der Waals surface area contributed by atoms with Gasteiger partial charge in [-0.2, -0.15) is 26.3 Å². The van der Waals surface area contributed by atoms with Gasteiger partial charge in [-0.15, -0.1) is 0 Å². The van der Waals surface area contributed by atoms with E-state index in [2.05, 4.69) is 11.8 Å². The monoisotopic (exact) mass is 321 g/mol. The van der Waals surface area contributed by atoms with Crippen LogP contribution in [0.3, 0.4) is 0 Å². The summed E-state index contributed by atoms with van der Waals surface area (Å²) in [6.45, 7) is 0.248. The molecule has 1 aromatic rings. The Kier molecular flexibility index (Phi) is 5.60. The van der Waals surface area contributed by atoms with Gasteiger partial charge in [-0.25, -0.2) is 0 Å². The normalized spacial score (nSPS) is 11.7. The maximum atomic E-state index is 12.0. The minimum Gasteiger partial charge on any atom is -0.320 e. The lowest BCUT2D eigenvalue weighted by atomic mass is 10.1. The van der Waals surface area contributed by atoms with E-state index in [4.69, 9.17) is 5.73 Å². The number of aryl methyl sites for hydroxylation is 1. The highest BCUT2D eigenvalue weighted by molar-refractivity contribution is 7.90. The van der Waals surface area contributed by atoms with Gasteiger partial charge in [-0.1, -0.05) is 11.8 Å². The van der Waals surface area contributed by atoms with Crippen molar-refractivity contribution >= 4 is 15.9 Å². The molecule has 0 saturated carbocycles. The van der Waals surface area contributed by atoms with Gasteiger partial charge in [0.15, 0.2) is 0 Å². The highest BCUT2D eigenvalue weighted by Gasteiger charge is 2.29. The van der Waals surface area contributed by atoms with Gasteiger partial charge in [0.2, 0.25) is 0 Å². The Morgan fingerprint density at radius 3 is 2.52 bits per heavy atom. The predicted molar refractivity (Wildman–Crippen MR) is 73.7 cm³/mol. The van der Waals surface area contributed by atoms with E-state index in [0.29, 0.717) is 11.1 Å². The lowest BCUT2D eigenvalue weighted by molar-refractivity contribution is -0.121. The third-order valence-electron chi connectivity index (χ3n) is 2.27. The van der Waals surface area contributed by atoms with Gasteiger partial charge in [0, 0.05) is 5.56 Å². The van der Waals surface area contributed by atoms with Crippen molar-refractivity contribution in [2.75, 3.05) is 17.8 Å². The van der Waals surface area contributed by atoms with Crippen LogP contribution in [0.2, 0.25) is 0 Å². The van der Waals surface area contributed by atoms with Gasteiger partial charge in [0.05, 0.1) is 12.2 Å². The second kappa shape index (κ2) is 6.80. The number of halogens is 3. The van der Waals surface area contributed by atoms with Crippen LogP contribution in [0.25, 0.3) is 0 Å². The molecule has 21 heavy (non-hydrogen) atoms. The van der Waals surface area contributed by atoms with Crippen molar-refractivity contribution in [3.05, 3.63) is 29.3 Å². The molecule has 0 atom stereocenters. The lowest BCUT2D eigenvalue weighted by Gasteiger charge is -2.12. The van der Waals surface area contributed by atoms with Crippen molar-refractivity contribution < 1.29 is 21.6 Å². The summed E-state index contributed by atoms with van der Waals surface area (Å²) in [6.07, 6.45) is -4.62. The molecule has 0 saturated heterocycles. The summed E-state index contributed by atoms with van der Waals surface area (Å²) < 4.78 is 62.2. The minimum atomic E-state index is -4.62. The highest BCUT2D eigenvalue weighted by Crippen LogP contribution is 2.16. The van der Waals surface area contributed by atoms with Crippen molar-refractivity contribution in [1.29, 1.82) is 0 Å². The average Bonchev–Trinajstić information content (AvgIpc) is 2.34. The van der Waals surface area contributed by atoms with Crippen LogP contribution in [0.15, 0.2) is 18.2 Å². The predicted octanol–water partition coefficient (Wildman–Crippen LogP) is 1.11. The fourth-order valence-electron chi connectivity index (χ4n) is 1.38. The fraction of sp³-hybridized carbons (Fsp3) is 0.333. The largest absolute Gasteiger partial charge is 0.402 e. The van der Waals surface area contributed by atoms with E-state index in [1.807, 2.05) is 4.72 Å². The van der Waals surface area contributed by atoms with Crippen molar-refractivity contribution in [2.24, 2.45) is 5.73 Å². The van der Waals surface area contributed by atoms with Gasteiger partial charge >= 0.3 is 6.18 Å².